The number of rotatable bonds is 6. The van der Waals surface area contributed by atoms with Crippen LogP contribution in [-0.4, -0.2) is 57.7 Å². The van der Waals surface area contributed by atoms with Gasteiger partial charge in [0.15, 0.2) is 0 Å². The Kier molecular flexibility index (Phi) is 6.46. The predicted molar refractivity (Wildman–Crippen MR) is 132 cm³/mol. The minimum atomic E-state index is -0.0736. The molecule has 3 heterocycles. The van der Waals surface area contributed by atoms with Crippen LogP contribution >= 0.6 is 0 Å². The molecule has 1 aromatic heterocycles. The van der Waals surface area contributed by atoms with E-state index in [0.717, 1.165) is 44.4 Å². The van der Waals surface area contributed by atoms with Crippen LogP contribution in [0.5, 0.6) is 0 Å². The third-order valence-electron chi connectivity index (χ3n) is 7.59. The first kappa shape index (κ1) is 22.7. The minimum Gasteiger partial charge on any atom is -0.338 e. The van der Waals surface area contributed by atoms with Gasteiger partial charge in [-0.15, -0.1) is 0 Å². The molecule has 3 aromatic rings. The Bertz CT molecular complexity index is 1170. The van der Waals surface area contributed by atoms with Gasteiger partial charge < -0.3 is 10.2 Å². The molecule has 0 spiro atoms. The second kappa shape index (κ2) is 9.66. The zero-order valence-electron chi connectivity index (χ0n) is 20.0. The lowest BCUT2D eigenvalue weighted by molar-refractivity contribution is -0.121. The van der Waals surface area contributed by atoms with Crippen LogP contribution in [-0.2, 0) is 11.2 Å². The molecule has 5 rings (SSSR count). The third-order valence-corrected chi connectivity index (χ3v) is 7.59. The number of amides is 1. The molecular weight excluding hydrogens is 426 g/mol. The fraction of sp³-hybridized carbons (Fsp3) is 0.481. The van der Waals surface area contributed by atoms with Gasteiger partial charge in [0.1, 0.15) is 16.8 Å². The average Bonchev–Trinajstić information content (AvgIpc) is 3.44. The number of fused-ring (bicyclic) bond motifs is 2. The SMILES string of the molecule is CC(C)c1ccccc1CCC(=O)C1CC[C@H]2CN(C(=O)c3ccc4n[nH]nc4c3)C[C@@H]2CN1. The summed E-state index contributed by atoms with van der Waals surface area (Å²) in [5.74, 6) is 1.65. The molecule has 2 aliphatic rings. The van der Waals surface area contributed by atoms with Crippen LogP contribution in [0, 0.1) is 11.8 Å². The number of nitrogens with one attached hydrogen (secondary N) is 2. The van der Waals surface area contributed by atoms with E-state index in [2.05, 4.69) is 58.8 Å². The maximum Gasteiger partial charge on any atom is 0.253 e. The largest absolute Gasteiger partial charge is 0.338 e. The first-order valence-corrected chi connectivity index (χ1v) is 12.4. The third kappa shape index (κ3) is 4.62. The number of H-pyrrole nitrogens is 1. The minimum absolute atomic E-state index is 0.0504. The van der Waals surface area contributed by atoms with Gasteiger partial charge in [-0.3, -0.25) is 9.59 Å². The van der Waals surface area contributed by atoms with Gasteiger partial charge in [-0.1, -0.05) is 38.1 Å². The lowest BCUT2D eigenvalue weighted by Gasteiger charge is -2.20. The maximum atomic E-state index is 13.1. The molecule has 7 nitrogen and oxygen atoms in total. The molecule has 1 amide bonds. The molecule has 7 heteroatoms. The fourth-order valence-electron chi connectivity index (χ4n) is 5.63. The van der Waals surface area contributed by atoms with Crippen molar-refractivity contribution >= 4 is 22.7 Å². The molecule has 2 N–H and O–H groups in total. The number of ketones is 1. The highest BCUT2D eigenvalue weighted by molar-refractivity contribution is 5.97. The summed E-state index contributed by atoms with van der Waals surface area (Å²) in [4.78, 5) is 28.1. The normalized spacial score (nSPS) is 22.7. The number of carbonyl (C=O) groups is 2. The Balaban J connectivity index is 1.16. The highest BCUT2D eigenvalue weighted by Crippen LogP contribution is 2.31. The molecule has 2 saturated heterocycles. The fourth-order valence-corrected chi connectivity index (χ4v) is 5.63. The van der Waals surface area contributed by atoms with E-state index < -0.39 is 0 Å². The number of aromatic amines is 1. The molecule has 0 aliphatic carbocycles. The van der Waals surface area contributed by atoms with Crippen LogP contribution < -0.4 is 5.32 Å². The van der Waals surface area contributed by atoms with Crippen molar-refractivity contribution in [1.82, 2.24) is 25.6 Å². The topological polar surface area (TPSA) is 91.0 Å². The van der Waals surface area contributed by atoms with Crippen molar-refractivity contribution in [3.05, 3.63) is 59.2 Å². The summed E-state index contributed by atoms with van der Waals surface area (Å²) in [7, 11) is 0. The summed E-state index contributed by atoms with van der Waals surface area (Å²) in [6.07, 6.45) is 3.20. The molecule has 178 valence electrons. The lowest BCUT2D eigenvalue weighted by atomic mass is 9.91. The molecule has 0 saturated carbocycles. The van der Waals surface area contributed by atoms with E-state index >= 15 is 0 Å². The summed E-state index contributed by atoms with van der Waals surface area (Å²) in [5, 5.41) is 14.3. The molecule has 1 unspecified atom stereocenters. The number of likely N-dealkylation sites (tertiary alicyclic amines) is 1. The summed E-state index contributed by atoms with van der Waals surface area (Å²) in [5.41, 5.74) is 4.75. The summed E-state index contributed by atoms with van der Waals surface area (Å²) < 4.78 is 0. The van der Waals surface area contributed by atoms with E-state index in [1.165, 1.54) is 11.1 Å². The molecule has 0 bridgehead atoms. The van der Waals surface area contributed by atoms with Crippen molar-refractivity contribution < 1.29 is 9.59 Å². The van der Waals surface area contributed by atoms with Crippen molar-refractivity contribution in [1.29, 1.82) is 0 Å². The Morgan fingerprint density at radius 2 is 1.82 bits per heavy atom. The van der Waals surface area contributed by atoms with Crippen molar-refractivity contribution in [3.8, 4) is 0 Å². The summed E-state index contributed by atoms with van der Waals surface area (Å²) >= 11 is 0. The number of hydrogen-bond acceptors (Lipinski definition) is 5. The van der Waals surface area contributed by atoms with Crippen LogP contribution in [0.25, 0.3) is 11.0 Å². The van der Waals surface area contributed by atoms with Gasteiger partial charge in [-0.2, -0.15) is 15.4 Å². The van der Waals surface area contributed by atoms with E-state index in [4.69, 9.17) is 0 Å². The first-order valence-electron chi connectivity index (χ1n) is 12.4. The van der Waals surface area contributed by atoms with Gasteiger partial charge in [-0.05, 0) is 66.3 Å². The second-order valence-electron chi connectivity index (χ2n) is 10.1. The van der Waals surface area contributed by atoms with Gasteiger partial charge in [-0.25, -0.2) is 0 Å². The number of nitrogens with zero attached hydrogens (tertiary/aromatic N) is 3. The van der Waals surface area contributed by atoms with Crippen molar-refractivity contribution in [2.75, 3.05) is 19.6 Å². The second-order valence-corrected chi connectivity index (χ2v) is 10.1. The number of Topliss-reactive ketones (excluding diaryl/α,β-unsaturated/α-hetero) is 1. The molecule has 2 aliphatic heterocycles. The van der Waals surface area contributed by atoms with Crippen LogP contribution in [0.2, 0.25) is 0 Å². The molecule has 34 heavy (non-hydrogen) atoms. The van der Waals surface area contributed by atoms with Crippen molar-refractivity contribution in [2.24, 2.45) is 11.8 Å². The summed E-state index contributed by atoms with van der Waals surface area (Å²) in [6.45, 7) is 6.68. The monoisotopic (exact) mass is 459 g/mol. The predicted octanol–water partition coefficient (Wildman–Crippen LogP) is 3.72. The van der Waals surface area contributed by atoms with Crippen LogP contribution in [0.3, 0.4) is 0 Å². The highest BCUT2D eigenvalue weighted by Gasteiger charge is 2.38. The van der Waals surface area contributed by atoms with Crippen LogP contribution in [0.4, 0.5) is 0 Å². The molecule has 2 fully saturated rings. The first-order chi connectivity index (χ1) is 16.5. The van der Waals surface area contributed by atoms with Gasteiger partial charge in [0.25, 0.3) is 5.91 Å². The number of hydrogen-bond donors (Lipinski definition) is 2. The Morgan fingerprint density at radius 3 is 2.68 bits per heavy atom. The maximum absolute atomic E-state index is 13.1. The van der Waals surface area contributed by atoms with E-state index in [1.54, 1.807) is 6.07 Å². The smallest absolute Gasteiger partial charge is 0.253 e. The molecule has 0 radical (unpaired) electrons. The van der Waals surface area contributed by atoms with E-state index in [1.807, 2.05) is 17.0 Å². The zero-order chi connectivity index (χ0) is 23.7. The number of benzene rings is 2. The quantitative estimate of drug-likeness (QED) is 0.586. The Hall–Kier alpha value is -3.06. The highest BCUT2D eigenvalue weighted by atomic mass is 16.2. The molecule has 3 atom stereocenters. The van der Waals surface area contributed by atoms with Gasteiger partial charge in [0.2, 0.25) is 0 Å². The number of aryl methyl sites for hydroxylation is 1. The van der Waals surface area contributed by atoms with Crippen LogP contribution in [0.15, 0.2) is 42.5 Å². The van der Waals surface area contributed by atoms with E-state index in [-0.39, 0.29) is 11.9 Å². The van der Waals surface area contributed by atoms with E-state index in [0.29, 0.717) is 41.0 Å². The van der Waals surface area contributed by atoms with Crippen LogP contribution in [0.1, 0.15) is 60.5 Å². The standard InChI is InChI=1S/C27H33N5O2/c1-17(2)22-6-4-3-5-18(22)9-12-26(33)24-11-8-20-15-32(16-21(20)14-28-24)27(34)19-7-10-23-25(13-19)30-31-29-23/h3-7,10,13,17,20-21,24,28H,8-9,11-12,14-16H2,1-2H3,(H,29,30,31)/t20-,21-,24?/m0/s1. The number of aromatic nitrogens is 3. The van der Waals surface area contributed by atoms with Gasteiger partial charge in [0, 0.05) is 31.6 Å². The van der Waals surface area contributed by atoms with Crippen molar-refractivity contribution in [3.63, 3.8) is 0 Å². The Labute approximate surface area is 200 Å². The zero-order valence-corrected chi connectivity index (χ0v) is 20.0. The van der Waals surface area contributed by atoms with Gasteiger partial charge >= 0.3 is 0 Å². The Morgan fingerprint density at radius 1 is 1.03 bits per heavy atom. The average molecular weight is 460 g/mol. The van der Waals surface area contributed by atoms with Crippen molar-refractivity contribution in [2.45, 2.75) is 51.5 Å². The number of carbonyl (C=O) groups excluding carboxylic acids is 2. The molecular formula is C27H33N5O2. The lowest BCUT2D eigenvalue weighted by Crippen LogP contribution is -2.39. The van der Waals surface area contributed by atoms with E-state index in [9.17, 15) is 9.59 Å². The molecule has 2 aromatic carbocycles. The summed E-state index contributed by atoms with van der Waals surface area (Å²) in [6, 6.07) is 13.9. The van der Waals surface area contributed by atoms with Gasteiger partial charge in [0.05, 0.1) is 6.04 Å².